The molecular formula is C17H18N4O3. The molecule has 1 N–H and O–H groups in total. The van der Waals surface area contributed by atoms with Crippen molar-refractivity contribution in [1.82, 2.24) is 9.13 Å². The number of anilines is 1. The van der Waals surface area contributed by atoms with Crippen LogP contribution in [-0.2, 0) is 14.1 Å². The smallest absolute Gasteiger partial charge is 0.332 e. The van der Waals surface area contributed by atoms with Gasteiger partial charge in [0.1, 0.15) is 17.6 Å². The van der Waals surface area contributed by atoms with Gasteiger partial charge in [0.2, 0.25) is 0 Å². The molecule has 0 fully saturated rings. The Balaban J connectivity index is 2.00. The summed E-state index contributed by atoms with van der Waals surface area (Å²) < 4.78 is 7.91. The number of rotatable bonds is 3. The second-order valence-corrected chi connectivity index (χ2v) is 5.93. The first-order valence-electron chi connectivity index (χ1n) is 7.64. The van der Waals surface area contributed by atoms with E-state index in [0.717, 1.165) is 15.9 Å². The average molecular weight is 326 g/mol. The maximum absolute atomic E-state index is 12.2. The number of nitrogens with zero attached hydrogens (tertiary/aromatic N) is 3. The third kappa shape index (κ3) is 2.36. The van der Waals surface area contributed by atoms with Crippen molar-refractivity contribution in [1.29, 1.82) is 5.26 Å². The van der Waals surface area contributed by atoms with Crippen LogP contribution in [0.15, 0.2) is 33.9 Å². The van der Waals surface area contributed by atoms with Crippen LogP contribution in [0, 0.1) is 11.3 Å². The zero-order chi connectivity index (χ0) is 17.4. The molecule has 2 aromatic rings. The summed E-state index contributed by atoms with van der Waals surface area (Å²) >= 11 is 0. The largest absolute Gasteiger partial charge is 0.493 e. The van der Waals surface area contributed by atoms with Crippen molar-refractivity contribution in [2.45, 2.75) is 18.9 Å². The minimum atomic E-state index is -0.599. The van der Waals surface area contributed by atoms with Gasteiger partial charge in [0, 0.05) is 31.6 Å². The molecule has 7 nitrogen and oxygen atoms in total. The SMILES string of the molecule is C[C@H](Nc1c(C#N)c(=O)n(C)c(=O)n1C)[C@@H]1COc2ccccc21. The zero-order valence-corrected chi connectivity index (χ0v) is 13.7. The lowest BCUT2D eigenvalue weighted by Crippen LogP contribution is -2.41. The van der Waals surface area contributed by atoms with Gasteiger partial charge < -0.3 is 10.1 Å². The predicted molar refractivity (Wildman–Crippen MR) is 89.4 cm³/mol. The van der Waals surface area contributed by atoms with E-state index in [9.17, 15) is 14.9 Å². The van der Waals surface area contributed by atoms with Crippen molar-refractivity contribution < 1.29 is 4.74 Å². The van der Waals surface area contributed by atoms with Gasteiger partial charge in [0.15, 0.2) is 5.56 Å². The minimum Gasteiger partial charge on any atom is -0.493 e. The van der Waals surface area contributed by atoms with Crippen LogP contribution in [0.2, 0.25) is 0 Å². The van der Waals surface area contributed by atoms with E-state index in [0.29, 0.717) is 6.61 Å². The van der Waals surface area contributed by atoms with Crippen molar-refractivity contribution in [2.75, 3.05) is 11.9 Å². The summed E-state index contributed by atoms with van der Waals surface area (Å²) in [7, 11) is 2.90. The molecule has 0 saturated carbocycles. The van der Waals surface area contributed by atoms with Crippen molar-refractivity contribution in [3.8, 4) is 11.8 Å². The second kappa shape index (κ2) is 5.89. The van der Waals surface area contributed by atoms with Gasteiger partial charge in [-0.25, -0.2) is 4.79 Å². The number of fused-ring (bicyclic) bond motifs is 1. The number of nitrogens with one attached hydrogen (secondary N) is 1. The first-order valence-corrected chi connectivity index (χ1v) is 7.64. The van der Waals surface area contributed by atoms with E-state index in [2.05, 4.69) is 5.32 Å². The lowest BCUT2D eigenvalue weighted by Gasteiger charge is -2.23. The predicted octanol–water partition coefficient (Wildman–Crippen LogP) is 0.932. The summed E-state index contributed by atoms with van der Waals surface area (Å²) in [6, 6.07) is 9.55. The highest BCUT2D eigenvalue weighted by Crippen LogP contribution is 2.36. The van der Waals surface area contributed by atoms with E-state index < -0.39 is 11.2 Å². The molecule has 2 atom stereocenters. The Kier molecular flexibility index (Phi) is 3.89. The highest BCUT2D eigenvalue weighted by Gasteiger charge is 2.30. The maximum atomic E-state index is 12.2. The molecule has 1 aromatic heterocycles. The van der Waals surface area contributed by atoms with Gasteiger partial charge in [-0.1, -0.05) is 18.2 Å². The van der Waals surface area contributed by atoms with Crippen molar-refractivity contribution in [2.24, 2.45) is 14.1 Å². The van der Waals surface area contributed by atoms with E-state index in [4.69, 9.17) is 4.74 Å². The number of ether oxygens (including phenoxy) is 1. The van der Waals surface area contributed by atoms with E-state index >= 15 is 0 Å². The highest BCUT2D eigenvalue weighted by atomic mass is 16.5. The lowest BCUT2D eigenvalue weighted by atomic mass is 9.94. The van der Waals surface area contributed by atoms with Gasteiger partial charge in [0.05, 0.1) is 6.61 Å². The van der Waals surface area contributed by atoms with E-state index in [1.54, 1.807) is 0 Å². The Bertz CT molecular complexity index is 952. The molecule has 124 valence electrons. The summed E-state index contributed by atoms with van der Waals surface area (Å²) in [4.78, 5) is 24.3. The Morgan fingerprint density at radius 1 is 1.29 bits per heavy atom. The van der Waals surface area contributed by atoms with Crippen LogP contribution in [0.3, 0.4) is 0 Å². The Morgan fingerprint density at radius 2 is 2.00 bits per heavy atom. The minimum absolute atomic E-state index is 0.0619. The van der Waals surface area contributed by atoms with Crippen molar-refractivity contribution in [3.05, 3.63) is 56.2 Å². The van der Waals surface area contributed by atoms with Crippen LogP contribution in [-0.4, -0.2) is 21.8 Å². The van der Waals surface area contributed by atoms with Crippen LogP contribution in [0.5, 0.6) is 5.75 Å². The normalized spacial score (nSPS) is 16.8. The molecule has 24 heavy (non-hydrogen) atoms. The number of aromatic nitrogens is 2. The molecule has 0 aliphatic carbocycles. The standard InChI is InChI=1S/C17H18N4O3/c1-10(13-9-24-14-7-5-4-6-11(13)14)19-15-12(8-18)16(22)21(3)17(23)20(15)2/h4-7,10,13,19H,9H2,1-3H3/t10-,13-/m0/s1. The lowest BCUT2D eigenvalue weighted by molar-refractivity contribution is 0.321. The molecular weight excluding hydrogens is 308 g/mol. The Hall–Kier alpha value is -3.01. The number of hydrogen-bond donors (Lipinski definition) is 1. The summed E-state index contributed by atoms with van der Waals surface area (Å²) in [6.45, 7) is 2.45. The fourth-order valence-corrected chi connectivity index (χ4v) is 3.03. The summed E-state index contributed by atoms with van der Waals surface area (Å²) in [5.74, 6) is 1.14. The molecule has 3 rings (SSSR count). The van der Waals surface area contributed by atoms with E-state index in [1.807, 2.05) is 37.3 Å². The molecule has 0 unspecified atom stereocenters. The third-order valence-electron chi connectivity index (χ3n) is 4.48. The molecule has 0 saturated heterocycles. The quantitative estimate of drug-likeness (QED) is 0.906. The highest BCUT2D eigenvalue weighted by molar-refractivity contribution is 5.53. The van der Waals surface area contributed by atoms with Crippen LogP contribution in [0.25, 0.3) is 0 Å². The zero-order valence-electron chi connectivity index (χ0n) is 13.7. The monoisotopic (exact) mass is 326 g/mol. The average Bonchev–Trinajstić information content (AvgIpc) is 3.02. The molecule has 1 aliphatic rings. The topological polar surface area (TPSA) is 89.0 Å². The molecule has 0 bridgehead atoms. The molecule has 7 heteroatoms. The second-order valence-electron chi connectivity index (χ2n) is 5.93. The fraction of sp³-hybridized carbons (Fsp3) is 0.353. The molecule has 1 aromatic carbocycles. The number of para-hydroxylation sites is 1. The van der Waals surface area contributed by atoms with E-state index in [1.165, 1.54) is 18.7 Å². The van der Waals surface area contributed by atoms with Gasteiger partial charge in [0.25, 0.3) is 5.56 Å². The van der Waals surface area contributed by atoms with Gasteiger partial charge in [-0.3, -0.25) is 13.9 Å². The van der Waals surface area contributed by atoms with Gasteiger partial charge in [-0.2, -0.15) is 5.26 Å². The number of benzene rings is 1. The molecule has 0 spiro atoms. The van der Waals surface area contributed by atoms with Gasteiger partial charge >= 0.3 is 5.69 Å². The van der Waals surface area contributed by atoms with Crippen molar-refractivity contribution >= 4 is 5.82 Å². The molecule has 0 radical (unpaired) electrons. The number of hydrogen-bond acceptors (Lipinski definition) is 5. The maximum Gasteiger partial charge on any atom is 0.332 e. The molecule has 1 aliphatic heterocycles. The first-order chi connectivity index (χ1) is 11.5. The van der Waals surface area contributed by atoms with Crippen LogP contribution in [0.1, 0.15) is 24.0 Å². The summed E-state index contributed by atoms with van der Waals surface area (Å²) in [5, 5.41) is 12.5. The van der Waals surface area contributed by atoms with Crippen LogP contribution in [0.4, 0.5) is 5.82 Å². The Morgan fingerprint density at radius 3 is 2.71 bits per heavy atom. The van der Waals surface area contributed by atoms with Crippen LogP contribution >= 0.6 is 0 Å². The van der Waals surface area contributed by atoms with Gasteiger partial charge in [-0.15, -0.1) is 0 Å². The third-order valence-corrected chi connectivity index (χ3v) is 4.48. The fourth-order valence-electron chi connectivity index (χ4n) is 3.03. The number of nitriles is 1. The summed E-state index contributed by atoms with van der Waals surface area (Å²) in [5.41, 5.74) is -0.0707. The first kappa shape index (κ1) is 15.9. The molecule has 2 heterocycles. The van der Waals surface area contributed by atoms with E-state index in [-0.39, 0.29) is 23.3 Å². The summed E-state index contributed by atoms with van der Waals surface area (Å²) in [6.07, 6.45) is 0. The molecule has 0 amide bonds. The van der Waals surface area contributed by atoms with Gasteiger partial charge in [-0.05, 0) is 13.0 Å². The Labute approximate surface area is 138 Å². The van der Waals surface area contributed by atoms with Crippen molar-refractivity contribution in [3.63, 3.8) is 0 Å². The van der Waals surface area contributed by atoms with Crippen LogP contribution < -0.4 is 21.3 Å².